The lowest BCUT2D eigenvalue weighted by atomic mass is 9.98. The lowest BCUT2D eigenvalue weighted by molar-refractivity contribution is -0.139. The summed E-state index contributed by atoms with van der Waals surface area (Å²) in [4.78, 5) is 28.4. The average molecular weight is 280 g/mol. The number of hydrogen-bond acceptors (Lipinski definition) is 3. The molecule has 5 heteroatoms. The van der Waals surface area contributed by atoms with Crippen molar-refractivity contribution in [3.63, 3.8) is 0 Å². The Bertz CT molecular complexity index is 399. The Morgan fingerprint density at radius 3 is 2.90 bits per heavy atom. The van der Waals surface area contributed by atoms with Gasteiger partial charge in [-0.15, -0.1) is 0 Å². The van der Waals surface area contributed by atoms with Gasteiger partial charge in [0.05, 0.1) is 6.10 Å². The summed E-state index contributed by atoms with van der Waals surface area (Å²) in [5.41, 5.74) is 0. The van der Waals surface area contributed by atoms with E-state index in [0.717, 1.165) is 45.4 Å². The molecule has 3 aliphatic heterocycles. The standard InChI is InChI=1S/C15H24N2O3/c1-2-13-11(6-9-20-13)10-16-8-5-14(18)17-7-3-4-12(17)15(16)19/h11-13H,2-10H2,1H3. The second-order valence-corrected chi connectivity index (χ2v) is 6.15. The van der Waals surface area contributed by atoms with Crippen LogP contribution in [-0.2, 0) is 14.3 Å². The van der Waals surface area contributed by atoms with Crippen molar-refractivity contribution in [3.05, 3.63) is 0 Å². The molecule has 0 radical (unpaired) electrons. The summed E-state index contributed by atoms with van der Waals surface area (Å²) in [5, 5.41) is 0. The van der Waals surface area contributed by atoms with E-state index in [9.17, 15) is 9.59 Å². The Balaban J connectivity index is 1.69. The van der Waals surface area contributed by atoms with Gasteiger partial charge in [-0.25, -0.2) is 0 Å². The maximum atomic E-state index is 12.6. The molecule has 0 aromatic rings. The van der Waals surface area contributed by atoms with E-state index in [-0.39, 0.29) is 24.0 Å². The highest BCUT2D eigenvalue weighted by Crippen LogP contribution is 2.28. The van der Waals surface area contributed by atoms with Crippen LogP contribution < -0.4 is 0 Å². The van der Waals surface area contributed by atoms with E-state index >= 15 is 0 Å². The molecule has 0 aliphatic carbocycles. The van der Waals surface area contributed by atoms with Crippen molar-refractivity contribution in [2.24, 2.45) is 5.92 Å². The quantitative estimate of drug-likeness (QED) is 0.775. The second kappa shape index (κ2) is 5.72. The summed E-state index contributed by atoms with van der Waals surface area (Å²) < 4.78 is 5.72. The van der Waals surface area contributed by atoms with E-state index in [4.69, 9.17) is 4.74 Å². The minimum absolute atomic E-state index is 0.151. The third-order valence-electron chi connectivity index (χ3n) is 4.97. The first-order chi connectivity index (χ1) is 9.70. The van der Waals surface area contributed by atoms with Crippen LogP contribution in [0.5, 0.6) is 0 Å². The predicted octanol–water partition coefficient (Wildman–Crippen LogP) is 1.02. The van der Waals surface area contributed by atoms with Gasteiger partial charge in [0.25, 0.3) is 0 Å². The van der Waals surface area contributed by atoms with Crippen LogP contribution in [0.25, 0.3) is 0 Å². The van der Waals surface area contributed by atoms with Crippen LogP contribution in [0.2, 0.25) is 0 Å². The lowest BCUT2D eigenvalue weighted by Gasteiger charge is -2.28. The third-order valence-corrected chi connectivity index (χ3v) is 4.97. The molecule has 112 valence electrons. The van der Waals surface area contributed by atoms with Crippen LogP contribution in [0.3, 0.4) is 0 Å². The molecule has 0 aromatic carbocycles. The van der Waals surface area contributed by atoms with Crippen LogP contribution in [0.1, 0.15) is 39.0 Å². The van der Waals surface area contributed by atoms with Gasteiger partial charge in [-0.3, -0.25) is 9.59 Å². The minimum atomic E-state index is -0.188. The number of amides is 2. The van der Waals surface area contributed by atoms with Gasteiger partial charge in [-0.1, -0.05) is 6.92 Å². The monoisotopic (exact) mass is 280 g/mol. The summed E-state index contributed by atoms with van der Waals surface area (Å²) in [6, 6.07) is -0.188. The molecule has 3 fully saturated rings. The Kier molecular flexibility index (Phi) is 3.96. The van der Waals surface area contributed by atoms with Crippen LogP contribution in [-0.4, -0.2) is 60.0 Å². The molecular formula is C15H24N2O3. The van der Waals surface area contributed by atoms with Crippen LogP contribution in [0.4, 0.5) is 0 Å². The minimum Gasteiger partial charge on any atom is -0.378 e. The van der Waals surface area contributed by atoms with E-state index in [1.165, 1.54) is 0 Å². The van der Waals surface area contributed by atoms with Gasteiger partial charge in [0, 0.05) is 38.6 Å². The molecule has 3 aliphatic rings. The van der Waals surface area contributed by atoms with Crippen LogP contribution in [0.15, 0.2) is 0 Å². The Morgan fingerprint density at radius 1 is 1.25 bits per heavy atom. The summed E-state index contributed by atoms with van der Waals surface area (Å²) in [5.74, 6) is 0.750. The topological polar surface area (TPSA) is 49.9 Å². The van der Waals surface area contributed by atoms with Gasteiger partial charge in [0.2, 0.25) is 11.8 Å². The Labute approximate surface area is 120 Å². The molecule has 0 aromatic heterocycles. The molecule has 3 rings (SSSR count). The molecule has 5 nitrogen and oxygen atoms in total. The Morgan fingerprint density at radius 2 is 2.10 bits per heavy atom. The van der Waals surface area contributed by atoms with E-state index in [1.807, 2.05) is 4.90 Å². The smallest absolute Gasteiger partial charge is 0.245 e. The number of nitrogens with zero attached hydrogens (tertiary/aromatic N) is 2. The van der Waals surface area contributed by atoms with Gasteiger partial charge in [0.15, 0.2) is 0 Å². The summed E-state index contributed by atoms with van der Waals surface area (Å²) in [6.45, 7) is 5.04. The first-order valence-corrected chi connectivity index (χ1v) is 7.90. The number of carbonyl (C=O) groups is 2. The fourth-order valence-electron chi connectivity index (χ4n) is 3.83. The highest BCUT2D eigenvalue weighted by Gasteiger charge is 2.40. The molecule has 0 N–H and O–H groups in total. The van der Waals surface area contributed by atoms with Gasteiger partial charge in [-0.2, -0.15) is 0 Å². The first-order valence-electron chi connectivity index (χ1n) is 7.90. The zero-order valence-electron chi connectivity index (χ0n) is 12.2. The number of carbonyl (C=O) groups excluding carboxylic acids is 2. The average Bonchev–Trinajstić information content (AvgIpc) is 3.08. The third kappa shape index (κ3) is 2.43. The highest BCUT2D eigenvalue weighted by atomic mass is 16.5. The zero-order valence-corrected chi connectivity index (χ0v) is 12.2. The van der Waals surface area contributed by atoms with Crippen molar-refractivity contribution in [1.29, 1.82) is 0 Å². The molecule has 2 amide bonds. The fourth-order valence-corrected chi connectivity index (χ4v) is 3.83. The number of rotatable bonds is 3. The molecule has 0 bridgehead atoms. The van der Waals surface area contributed by atoms with E-state index < -0.39 is 0 Å². The van der Waals surface area contributed by atoms with E-state index in [0.29, 0.717) is 18.9 Å². The van der Waals surface area contributed by atoms with Crippen molar-refractivity contribution in [3.8, 4) is 0 Å². The SMILES string of the molecule is CCC1OCCC1CN1CCC(=O)N2CCCC2C1=O. The molecule has 3 unspecified atom stereocenters. The maximum absolute atomic E-state index is 12.6. The van der Waals surface area contributed by atoms with Gasteiger partial charge >= 0.3 is 0 Å². The Hall–Kier alpha value is -1.10. The second-order valence-electron chi connectivity index (χ2n) is 6.15. The lowest BCUT2D eigenvalue weighted by Crippen LogP contribution is -2.45. The van der Waals surface area contributed by atoms with Crippen molar-refractivity contribution < 1.29 is 14.3 Å². The van der Waals surface area contributed by atoms with Crippen molar-refractivity contribution in [2.75, 3.05) is 26.2 Å². The normalized spacial score (nSPS) is 34.5. The maximum Gasteiger partial charge on any atom is 0.245 e. The molecule has 0 spiro atoms. The molecule has 20 heavy (non-hydrogen) atoms. The molecule has 3 saturated heterocycles. The molecule has 3 heterocycles. The summed E-state index contributed by atoms with van der Waals surface area (Å²) in [6.07, 6.45) is 4.58. The molecule has 0 saturated carbocycles. The molecular weight excluding hydrogens is 256 g/mol. The highest BCUT2D eigenvalue weighted by molar-refractivity contribution is 5.90. The van der Waals surface area contributed by atoms with Gasteiger partial charge < -0.3 is 14.5 Å². The molecule has 3 atom stereocenters. The fraction of sp³-hybridized carbons (Fsp3) is 0.867. The number of ether oxygens (including phenoxy) is 1. The zero-order chi connectivity index (χ0) is 14.1. The first kappa shape index (κ1) is 13.9. The largest absolute Gasteiger partial charge is 0.378 e. The van der Waals surface area contributed by atoms with E-state index in [1.54, 1.807) is 4.90 Å². The summed E-state index contributed by atoms with van der Waals surface area (Å²) >= 11 is 0. The van der Waals surface area contributed by atoms with Crippen LogP contribution >= 0.6 is 0 Å². The summed E-state index contributed by atoms with van der Waals surface area (Å²) in [7, 11) is 0. The van der Waals surface area contributed by atoms with E-state index in [2.05, 4.69) is 6.92 Å². The van der Waals surface area contributed by atoms with Crippen molar-refractivity contribution >= 4 is 11.8 Å². The number of fused-ring (bicyclic) bond motifs is 1. The van der Waals surface area contributed by atoms with Crippen LogP contribution in [0, 0.1) is 5.92 Å². The predicted molar refractivity (Wildman–Crippen MR) is 74.1 cm³/mol. The number of hydrogen-bond donors (Lipinski definition) is 0. The van der Waals surface area contributed by atoms with Gasteiger partial charge in [-0.05, 0) is 25.7 Å². The van der Waals surface area contributed by atoms with Crippen molar-refractivity contribution in [2.45, 2.75) is 51.2 Å². The van der Waals surface area contributed by atoms with Gasteiger partial charge in [0.1, 0.15) is 6.04 Å². The van der Waals surface area contributed by atoms with Crippen molar-refractivity contribution in [1.82, 2.24) is 9.80 Å².